The number of carbonyl (C=O) groups is 1. The lowest BCUT2D eigenvalue weighted by molar-refractivity contribution is -0.123. The summed E-state index contributed by atoms with van der Waals surface area (Å²) in [6.07, 6.45) is 2.92. The molecule has 5 nitrogen and oxygen atoms in total. The van der Waals surface area contributed by atoms with Crippen molar-refractivity contribution in [3.8, 4) is 0 Å². The zero-order valence-corrected chi connectivity index (χ0v) is 14.1. The molecule has 116 valence electrons. The van der Waals surface area contributed by atoms with Gasteiger partial charge in [0, 0.05) is 36.6 Å². The number of hydrogen-bond donors (Lipinski definition) is 0. The van der Waals surface area contributed by atoms with Crippen LogP contribution in [0.25, 0.3) is 0 Å². The summed E-state index contributed by atoms with van der Waals surface area (Å²) < 4.78 is 0. The molecule has 2 aromatic heterocycles. The molecule has 4 rings (SSSR count). The highest BCUT2D eigenvalue weighted by Gasteiger charge is 2.48. The van der Waals surface area contributed by atoms with Gasteiger partial charge in [-0.15, -0.1) is 11.3 Å². The van der Waals surface area contributed by atoms with Crippen molar-refractivity contribution in [2.24, 2.45) is 0 Å². The molecular weight excluding hydrogens is 316 g/mol. The van der Waals surface area contributed by atoms with Crippen molar-refractivity contribution in [2.45, 2.75) is 12.0 Å². The lowest BCUT2D eigenvalue weighted by atomic mass is 9.93. The van der Waals surface area contributed by atoms with Gasteiger partial charge in [-0.2, -0.15) is 11.3 Å². The normalized spacial score (nSPS) is 26.3. The zero-order valence-electron chi connectivity index (χ0n) is 12.4. The van der Waals surface area contributed by atoms with Crippen LogP contribution in [0.3, 0.4) is 0 Å². The van der Waals surface area contributed by atoms with Gasteiger partial charge in [0.15, 0.2) is 5.13 Å². The Labute approximate surface area is 137 Å². The summed E-state index contributed by atoms with van der Waals surface area (Å²) in [4.78, 5) is 23.4. The minimum Gasteiger partial charge on any atom is -0.346 e. The number of amides is 1. The number of hydrogen-bond acceptors (Lipinski definition) is 6. The summed E-state index contributed by atoms with van der Waals surface area (Å²) >= 11 is 3.32. The average Bonchev–Trinajstić information content (AvgIpc) is 3.23. The van der Waals surface area contributed by atoms with E-state index in [-0.39, 0.29) is 11.4 Å². The van der Waals surface area contributed by atoms with Crippen molar-refractivity contribution >= 4 is 39.4 Å². The molecule has 0 saturated carbocycles. The number of thiophene rings is 1. The van der Waals surface area contributed by atoms with Crippen LogP contribution < -0.4 is 9.80 Å². The SMILES string of the molecule is CN1CC(=O)N(c2ccsc2)CC12CCN(c1nccs1)C2. The highest BCUT2D eigenvalue weighted by atomic mass is 32.1. The third-order valence-electron chi connectivity index (χ3n) is 4.78. The van der Waals surface area contributed by atoms with E-state index in [0.717, 1.165) is 36.9 Å². The molecule has 1 unspecified atom stereocenters. The van der Waals surface area contributed by atoms with Gasteiger partial charge in [0.25, 0.3) is 0 Å². The molecule has 0 aromatic carbocycles. The first-order chi connectivity index (χ1) is 10.7. The summed E-state index contributed by atoms with van der Waals surface area (Å²) in [5.74, 6) is 0.194. The van der Waals surface area contributed by atoms with E-state index < -0.39 is 0 Å². The Balaban J connectivity index is 1.59. The molecule has 22 heavy (non-hydrogen) atoms. The van der Waals surface area contributed by atoms with E-state index in [2.05, 4.69) is 27.2 Å². The van der Waals surface area contributed by atoms with E-state index in [1.165, 1.54) is 0 Å². The van der Waals surface area contributed by atoms with Gasteiger partial charge in [-0.25, -0.2) is 4.98 Å². The molecule has 2 aromatic rings. The molecule has 0 aliphatic carbocycles. The summed E-state index contributed by atoms with van der Waals surface area (Å²) in [7, 11) is 2.08. The van der Waals surface area contributed by atoms with Crippen LogP contribution in [0.15, 0.2) is 28.4 Å². The molecular formula is C15H18N4OS2. The third kappa shape index (κ3) is 2.24. The maximum Gasteiger partial charge on any atom is 0.241 e. The number of anilines is 2. The topological polar surface area (TPSA) is 39.7 Å². The van der Waals surface area contributed by atoms with Crippen molar-refractivity contribution in [1.29, 1.82) is 0 Å². The molecule has 2 saturated heterocycles. The second-order valence-electron chi connectivity index (χ2n) is 6.03. The summed E-state index contributed by atoms with van der Waals surface area (Å²) in [6, 6.07) is 2.04. The number of likely N-dealkylation sites (N-methyl/N-ethyl adjacent to an activating group) is 1. The Bertz CT molecular complexity index is 657. The van der Waals surface area contributed by atoms with Gasteiger partial charge in [-0.1, -0.05) is 0 Å². The minimum atomic E-state index is 0.0293. The van der Waals surface area contributed by atoms with Gasteiger partial charge >= 0.3 is 0 Å². The number of thiazole rings is 1. The summed E-state index contributed by atoms with van der Waals surface area (Å²) in [6.45, 7) is 3.19. The molecule has 2 aliphatic heterocycles. The average molecular weight is 334 g/mol. The molecule has 7 heteroatoms. The Morgan fingerprint density at radius 3 is 2.95 bits per heavy atom. The van der Waals surface area contributed by atoms with Crippen LogP contribution in [-0.4, -0.2) is 54.6 Å². The highest BCUT2D eigenvalue weighted by Crippen LogP contribution is 2.36. The number of aromatic nitrogens is 1. The van der Waals surface area contributed by atoms with Crippen LogP contribution in [0.1, 0.15) is 6.42 Å². The zero-order chi connectivity index (χ0) is 15.2. The molecule has 2 aliphatic rings. The summed E-state index contributed by atoms with van der Waals surface area (Å²) in [5.41, 5.74) is 1.07. The highest BCUT2D eigenvalue weighted by molar-refractivity contribution is 7.13. The van der Waals surface area contributed by atoms with E-state index in [9.17, 15) is 4.79 Å². The van der Waals surface area contributed by atoms with Gasteiger partial charge in [0.05, 0.1) is 17.8 Å². The van der Waals surface area contributed by atoms with Crippen LogP contribution in [0.5, 0.6) is 0 Å². The van der Waals surface area contributed by atoms with E-state index in [1.807, 2.05) is 27.9 Å². The second kappa shape index (κ2) is 5.33. The predicted molar refractivity (Wildman–Crippen MR) is 91.0 cm³/mol. The van der Waals surface area contributed by atoms with Gasteiger partial charge in [0.1, 0.15) is 0 Å². The minimum absolute atomic E-state index is 0.0293. The third-order valence-corrected chi connectivity index (χ3v) is 6.28. The Morgan fingerprint density at radius 2 is 2.23 bits per heavy atom. The quantitative estimate of drug-likeness (QED) is 0.843. The van der Waals surface area contributed by atoms with Crippen LogP contribution in [0, 0.1) is 0 Å². The number of rotatable bonds is 2. The fourth-order valence-corrected chi connectivity index (χ4v) is 4.75. The van der Waals surface area contributed by atoms with E-state index in [1.54, 1.807) is 22.7 Å². The van der Waals surface area contributed by atoms with Gasteiger partial charge in [-0.3, -0.25) is 9.69 Å². The van der Waals surface area contributed by atoms with Gasteiger partial charge in [0.2, 0.25) is 5.91 Å². The Kier molecular flexibility index (Phi) is 3.43. The molecule has 0 radical (unpaired) electrons. The van der Waals surface area contributed by atoms with Crippen LogP contribution in [-0.2, 0) is 4.79 Å². The molecule has 0 bridgehead atoms. The van der Waals surface area contributed by atoms with Crippen molar-refractivity contribution in [1.82, 2.24) is 9.88 Å². The van der Waals surface area contributed by atoms with Crippen molar-refractivity contribution in [3.63, 3.8) is 0 Å². The Hall–Kier alpha value is -1.44. The van der Waals surface area contributed by atoms with Crippen molar-refractivity contribution in [3.05, 3.63) is 28.4 Å². The smallest absolute Gasteiger partial charge is 0.241 e. The predicted octanol–water partition coefficient (Wildman–Crippen LogP) is 2.13. The van der Waals surface area contributed by atoms with E-state index in [4.69, 9.17) is 0 Å². The Morgan fingerprint density at radius 1 is 1.32 bits per heavy atom. The molecule has 1 amide bonds. The number of nitrogens with zero attached hydrogens (tertiary/aromatic N) is 4. The molecule has 1 atom stereocenters. The standard InChI is InChI=1S/C15H18N4OS2/c1-17-8-13(20)19(12-2-6-21-9-12)11-15(17)3-5-18(10-15)14-16-4-7-22-14/h2,4,6-7,9H,3,5,8,10-11H2,1H3. The molecule has 0 N–H and O–H groups in total. The van der Waals surface area contributed by atoms with Gasteiger partial charge in [-0.05, 0) is 24.9 Å². The summed E-state index contributed by atoms with van der Waals surface area (Å²) in [5, 5.41) is 7.20. The van der Waals surface area contributed by atoms with E-state index >= 15 is 0 Å². The fourth-order valence-electron chi connectivity index (χ4n) is 3.44. The lowest BCUT2D eigenvalue weighted by Gasteiger charge is -2.46. The maximum absolute atomic E-state index is 12.4. The fraction of sp³-hybridized carbons (Fsp3) is 0.467. The number of carbonyl (C=O) groups excluding carboxylic acids is 1. The molecule has 1 spiro atoms. The molecule has 4 heterocycles. The first-order valence-corrected chi connectivity index (χ1v) is 9.18. The second-order valence-corrected chi connectivity index (χ2v) is 7.68. The van der Waals surface area contributed by atoms with Crippen LogP contribution >= 0.6 is 22.7 Å². The first-order valence-electron chi connectivity index (χ1n) is 7.36. The van der Waals surface area contributed by atoms with E-state index in [0.29, 0.717) is 6.54 Å². The lowest BCUT2D eigenvalue weighted by Crippen LogP contribution is -2.64. The van der Waals surface area contributed by atoms with Crippen LogP contribution in [0.2, 0.25) is 0 Å². The number of piperazine rings is 1. The first kappa shape index (κ1) is 14.2. The van der Waals surface area contributed by atoms with Gasteiger partial charge < -0.3 is 9.80 Å². The maximum atomic E-state index is 12.4. The van der Waals surface area contributed by atoms with Crippen molar-refractivity contribution in [2.75, 3.05) is 43.0 Å². The van der Waals surface area contributed by atoms with Crippen LogP contribution in [0.4, 0.5) is 10.8 Å². The molecule has 2 fully saturated rings. The largest absolute Gasteiger partial charge is 0.346 e. The van der Waals surface area contributed by atoms with Crippen molar-refractivity contribution < 1.29 is 4.79 Å². The monoisotopic (exact) mass is 334 g/mol.